The van der Waals surface area contributed by atoms with E-state index < -0.39 is 26.6 Å². The van der Waals surface area contributed by atoms with Crippen LogP contribution in [0.25, 0.3) is 11.0 Å². The number of sulfonamides is 1. The van der Waals surface area contributed by atoms with Crippen LogP contribution in [0.5, 0.6) is 0 Å². The summed E-state index contributed by atoms with van der Waals surface area (Å²) in [5.74, 6) is -1.25. The molecule has 0 unspecified atom stereocenters. The second-order valence-corrected chi connectivity index (χ2v) is 8.68. The zero-order chi connectivity index (χ0) is 19.9. The zero-order valence-electron chi connectivity index (χ0n) is 15.3. The van der Waals surface area contributed by atoms with E-state index in [2.05, 4.69) is 9.88 Å². The number of rotatable bonds is 4. The lowest BCUT2D eigenvalue weighted by Gasteiger charge is -2.33. The number of fused-ring (bicyclic) bond motifs is 1. The van der Waals surface area contributed by atoms with Gasteiger partial charge in [0.05, 0.1) is 17.6 Å². The van der Waals surface area contributed by atoms with Crippen molar-refractivity contribution in [2.45, 2.75) is 11.4 Å². The smallest absolute Gasteiger partial charge is 0.249 e. The predicted molar refractivity (Wildman–Crippen MR) is 101 cm³/mol. The fourth-order valence-corrected chi connectivity index (χ4v) is 5.05. The Kier molecular flexibility index (Phi) is 4.90. The van der Waals surface area contributed by atoms with Gasteiger partial charge < -0.3 is 4.57 Å². The lowest BCUT2D eigenvalue weighted by molar-refractivity contribution is 0.176. The molecule has 148 valence electrons. The summed E-state index contributed by atoms with van der Waals surface area (Å²) in [6.07, 6.45) is 0. The van der Waals surface area contributed by atoms with Crippen LogP contribution in [0, 0.1) is 11.6 Å². The molecule has 0 aliphatic carbocycles. The molecule has 2 aromatic carbocycles. The van der Waals surface area contributed by atoms with Crippen LogP contribution in [0.4, 0.5) is 8.78 Å². The van der Waals surface area contributed by atoms with Gasteiger partial charge in [0.15, 0.2) is 4.90 Å². The second-order valence-electron chi connectivity index (χ2n) is 6.81. The lowest BCUT2D eigenvalue weighted by atomic mass is 10.3. The highest BCUT2D eigenvalue weighted by Gasteiger charge is 2.33. The molecule has 1 aromatic heterocycles. The van der Waals surface area contributed by atoms with E-state index in [1.54, 1.807) is 0 Å². The number of hydrogen-bond donors (Lipinski definition) is 0. The van der Waals surface area contributed by atoms with Gasteiger partial charge in [-0.2, -0.15) is 4.31 Å². The van der Waals surface area contributed by atoms with Crippen molar-refractivity contribution in [3.8, 4) is 0 Å². The van der Waals surface area contributed by atoms with Crippen molar-refractivity contribution >= 4 is 21.1 Å². The predicted octanol–water partition coefficient (Wildman–Crippen LogP) is 2.36. The Hall–Kier alpha value is -2.36. The van der Waals surface area contributed by atoms with Gasteiger partial charge in [-0.1, -0.05) is 18.2 Å². The molecule has 4 rings (SSSR count). The third-order valence-corrected chi connectivity index (χ3v) is 7.04. The molecule has 28 heavy (non-hydrogen) atoms. The number of imidazole rings is 1. The van der Waals surface area contributed by atoms with Gasteiger partial charge in [0.1, 0.15) is 17.5 Å². The van der Waals surface area contributed by atoms with Crippen molar-refractivity contribution in [3.05, 3.63) is 59.9 Å². The second kappa shape index (κ2) is 7.23. The fourth-order valence-electron chi connectivity index (χ4n) is 3.52. The van der Waals surface area contributed by atoms with E-state index in [9.17, 15) is 17.2 Å². The molecule has 0 amide bonds. The monoisotopic (exact) mass is 406 g/mol. The molecule has 9 heteroatoms. The molecule has 1 aliphatic heterocycles. The standard InChI is InChI=1S/C19H20F2N4O2S/c1-23-17-8-3-2-7-16(17)22-18(23)13-24-9-11-25(12-10-24)28(26,27)19-14(20)5-4-6-15(19)21/h2-8H,9-13H2,1H3. The molecule has 0 spiro atoms. The maximum atomic E-state index is 13.9. The number of aryl methyl sites for hydroxylation is 1. The topological polar surface area (TPSA) is 58.4 Å². The van der Waals surface area contributed by atoms with E-state index in [4.69, 9.17) is 0 Å². The average Bonchev–Trinajstić information content (AvgIpc) is 2.98. The molecule has 0 bridgehead atoms. The van der Waals surface area contributed by atoms with Crippen LogP contribution in [0.15, 0.2) is 47.4 Å². The van der Waals surface area contributed by atoms with Crippen molar-refractivity contribution in [1.29, 1.82) is 0 Å². The highest BCUT2D eigenvalue weighted by Crippen LogP contribution is 2.24. The summed E-state index contributed by atoms with van der Waals surface area (Å²) < 4.78 is 56.4. The maximum Gasteiger partial charge on any atom is 0.249 e. The number of para-hydroxylation sites is 2. The summed E-state index contributed by atoms with van der Waals surface area (Å²) in [4.78, 5) is 5.85. The highest BCUT2D eigenvalue weighted by atomic mass is 32.2. The van der Waals surface area contributed by atoms with Crippen LogP contribution in [-0.2, 0) is 23.6 Å². The summed E-state index contributed by atoms with van der Waals surface area (Å²) in [6.45, 7) is 1.82. The van der Waals surface area contributed by atoms with Gasteiger partial charge in [-0.05, 0) is 24.3 Å². The summed E-state index contributed by atoms with van der Waals surface area (Å²) in [7, 11) is -2.26. The largest absolute Gasteiger partial charge is 0.330 e. The summed E-state index contributed by atoms with van der Waals surface area (Å²) in [6, 6.07) is 10.9. The van der Waals surface area contributed by atoms with E-state index in [0.29, 0.717) is 19.6 Å². The quantitative estimate of drug-likeness (QED) is 0.668. The molecule has 0 N–H and O–H groups in total. The molecular weight excluding hydrogens is 386 g/mol. The number of hydrogen-bond acceptors (Lipinski definition) is 4. The van der Waals surface area contributed by atoms with E-state index in [1.165, 1.54) is 0 Å². The Bertz CT molecular complexity index is 1100. The Balaban J connectivity index is 1.48. The number of aromatic nitrogens is 2. The Morgan fingerprint density at radius 1 is 0.964 bits per heavy atom. The Morgan fingerprint density at radius 3 is 2.25 bits per heavy atom. The summed E-state index contributed by atoms with van der Waals surface area (Å²) in [5, 5.41) is 0. The highest BCUT2D eigenvalue weighted by molar-refractivity contribution is 7.89. The normalized spacial score (nSPS) is 16.7. The van der Waals surface area contributed by atoms with Gasteiger partial charge in [-0.15, -0.1) is 0 Å². The number of benzene rings is 2. The van der Waals surface area contributed by atoms with E-state index in [0.717, 1.165) is 39.4 Å². The Morgan fingerprint density at radius 2 is 1.61 bits per heavy atom. The maximum absolute atomic E-state index is 13.9. The summed E-state index contributed by atoms with van der Waals surface area (Å²) >= 11 is 0. The van der Waals surface area contributed by atoms with Crippen LogP contribution in [0.2, 0.25) is 0 Å². The fraction of sp³-hybridized carbons (Fsp3) is 0.316. The third-order valence-electron chi connectivity index (χ3n) is 5.09. The molecule has 6 nitrogen and oxygen atoms in total. The molecule has 0 radical (unpaired) electrons. The molecule has 3 aromatic rings. The van der Waals surface area contributed by atoms with Crippen LogP contribution in [-0.4, -0.2) is 53.4 Å². The minimum Gasteiger partial charge on any atom is -0.330 e. The van der Waals surface area contributed by atoms with Crippen molar-refractivity contribution in [2.75, 3.05) is 26.2 Å². The molecule has 1 saturated heterocycles. The first kappa shape index (κ1) is 19.0. The van der Waals surface area contributed by atoms with Crippen LogP contribution in [0.1, 0.15) is 5.82 Å². The van der Waals surface area contributed by atoms with Crippen LogP contribution in [0.3, 0.4) is 0 Å². The van der Waals surface area contributed by atoms with Crippen molar-refractivity contribution < 1.29 is 17.2 Å². The number of nitrogens with zero attached hydrogens (tertiary/aromatic N) is 4. The number of piperazine rings is 1. The van der Waals surface area contributed by atoms with Gasteiger partial charge in [0.25, 0.3) is 0 Å². The summed E-state index contributed by atoms with van der Waals surface area (Å²) in [5.41, 5.74) is 1.95. The lowest BCUT2D eigenvalue weighted by Crippen LogP contribution is -2.48. The van der Waals surface area contributed by atoms with Crippen molar-refractivity contribution in [2.24, 2.45) is 7.05 Å². The Labute approximate surface area is 162 Å². The van der Waals surface area contributed by atoms with Gasteiger partial charge in [-0.25, -0.2) is 22.2 Å². The molecule has 0 atom stereocenters. The molecule has 1 fully saturated rings. The first-order valence-electron chi connectivity index (χ1n) is 8.95. The first-order valence-corrected chi connectivity index (χ1v) is 10.4. The van der Waals surface area contributed by atoms with Gasteiger partial charge in [0, 0.05) is 33.2 Å². The minimum absolute atomic E-state index is 0.167. The van der Waals surface area contributed by atoms with Crippen LogP contribution < -0.4 is 0 Å². The zero-order valence-corrected chi connectivity index (χ0v) is 16.2. The number of halogens is 2. The van der Waals surface area contributed by atoms with Crippen molar-refractivity contribution in [1.82, 2.24) is 18.8 Å². The van der Waals surface area contributed by atoms with E-state index >= 15 is 0 Å². The molecule has 1 aliphatic rings. The average molecular weight is 406 g/mol. The first-order chi connectivity index (χ1) is 13.4. The minimum atomic E-state index is -4.21. The third kappa shape index (κ3) is 3.30. The van der Waals surface area contributed by atoms with Crippen LogP contribution >= 0.6 is 0 Å². The van der Waals surface area contributed by atoms with E-state index in [-0.39, 0.29) is 13.1 Å². The van der Waals surface area contributed by atoms with Gasteiger partial charge in [-0.3, -0.25) is 4.90 Å². The molecule has 0 saturated carbocycles. The molecule has 2 heterocycles. The van der Waals surface area contributed by atoms with Gasteiger partial charge in [0.2, 0.25) is 10.0 Å². The SMILES string of the molecule is Cn1c(CN2CCN(S(=O)(=O)c3c(F)cccc3F)CC2)nc2ccccc21. The molecular formula is C19H20F2N4O2S. The van der Waals surface area contributed by atoms with Gasteiger partial charge >= 0.3 is 0 Å². The van der Waals surface area contributed by atoms with E-state index in [1.807, 2.05) is 35.9 Å². The van der Waals surface area contributed by atoms with Crippen molar-refractivity contribution in [3.63, 3.8) is 0 Å².